The van der Waals surface area contributed by atoms with Gasteiger partial charge in [0.2, 0.25) is 11.2 Å². The quantitative estimate of drug-likeness (QED) is 0.171. The Morgan fingerprint density at radius 3 is 2.58 bits per heavy atom. The summed E-state index contributed by atoms with van der Waals surface area (Å²) in [5, 5.41) is 4.95. The minimum Gasteiger partial charge on any atom is -0.422 e. The minimum atomic E-state index is -0.380. The number of morpholine rings is 1. The molecule has 8 heteroatoms. The van der Waals surface area contributed by atoms with Crippen LogP contribution in [0.2, 0.25) is 0 Å². The molecule has 0 amide bonds. The number of rotatable bonds is 10. The van der Waals surface area contributed by atoms with Crippen LogP contribution in [0.5, 0.6) is 0 Å². The molecule has 2 aromatic heterocycles. The Morgan fingerprint density at radius 1 is 1.02 bits per heavy atom. The molecule has 0 unspecified atom stereocenters. The predicted octanol–water partition coefficient (Wildman–Crippen LogP) is 5.06. The standard InChI is InChI=1S/C32H37FN4O3/c1-4-37(5-2)27-12-8-24-19-25(32(38)40-31(24)21-27)9-11-26-10-7-23-20-28(33)29(22-30(23)35(26)3)34-13-6-14-36-15-17-39-18-16-36/h7-12,19-22H,4-6,13-18H2,1-3H3/p+1/b11-9+. The summed E-state index contributed by atoms with van der Waals surface area (Å²) in [4.78, 5) is 17.4. The van der Waals surface area contributed by atoms with Gasteiger partial charge in [0.15, 0.2) is 0 Å². The summed E-state index contributed by atoms with van der Waals surface area (Å²) < 4.78 is 27.9. The molecule has 1 N–H and O–H groups in total. The number of hydrogen-bond donors (Lipinski definition) is 1. The highest BCUT2D eigenvalue weighted by Crippen LogP contribution is 2.24. The van der Waals surface area contributed by atoms with Crippen molar-refractivity contribution in [2.45, 2.75) is 20.3 Å². The zero-order valence-electron chi connectivity index (χ0n) is 23.6. The molecule has 2 aromatic carbocycles. The van der Waals surface area contributed by atoms with Crippen LogP contribution in [0.3, 0.4) is 0 Å². The van der Waals surface area contributed by atoms with Crippen molar-refractivity contribution in [2.24, 2.45) is 7.05 Å². The van der Waals surface area contributed by atoms with Crippen LogP contribution in [0.4, 0.5) is 15.8 Å². The van der Waals surface area contributed by atoms with Crippen LogP contribution in [-0.4, -0.2) is 57.4 Å². The molecule has 0 atom stereocenters. The molecule has 0 bridgehead atoms. The van der Waals surface area contributed by atoms with Gasteiger partial charge >= 0.3 is 5.63 Å². The molecule has 0 radical (unpaired) electrons. The third kappa shape index (κ3) is 6.18. The highest BCUT2D eigenvalue weighted by atomic mass is 19.1. The normalized spacial score (nSPS) is 14.4. The van der Waals surface area contributed by atoms with Crippen molar-refractivity contribution < 1.29 is 18.1 Å². The molecule has 1 aliphatic heterocycles. The van der Waals surface area contributed by atoms with Gasteiger partial charge < -0.3 is 19.4 Å². The van der Waals surface area contributed by atoms with E-state index in [0.717, 1.165) is 80.0 Å². The number of aryl methyl sites for hydroxylation is 1. The van der Waals surface area contributed by atoms with E-state index in [4.69, 9.17) is 9.15 Å². The van der Waals surface area contributed by atoms with Crippen molar-refractivity contribution in [1.82, 2.24) is 4.90 Å². The van der Waals surface area contributed by atoms with Gasteiger partial charge in [-0.3, -0.25) is 4.90 Å². The number of ether oxygens (including phenoxy) is 1. The third-order valence-corrected chi connectivity index (χ3v) is 7.68. The molecule has 210 valence electrons. The van der Waals surface area contributed by atoms with Gasteiger partial charge in [0.25, 0.3) is 0 Å². The van der Waals surface area contributed by atoms with Crippen LogP contribution in [0.1, 0.15) is 31.5 Å². The van der Waals surface area contributed by atoms with E-state index >= 15 is 0 Å². The lowest BCUT2D eigenvalue weighted by molar-refractivity contribution is -0.646. The van der Waals surface area contributed by atoms with Crippen LogP contribution in [0, 0.1) is 5.82 Å². The maximum Gasteiger partial charge on any atom is 0.343 e. The first kappa shape index (κ1) is 27.8. The van der Waals surface area contributed by atoms with E-state index in [-0.39, 0.29) is 11.4 Å². The van der Waals surface area contributed by atoms with Crippen molar-refractivity contribution in [1.29, 1.82) is 0 Å². The van der Waals surface area contributed by atoms with Crippen molar-refractivity contribution in [3.63, 3.8) is 0 Å². The second-order valence-corrected chi connectivity index (χ2v) is 10.2. The molecule has 4 aromatic rings. The first-order valence-electron chi connectivity index (χ1n) is 14.1. The summed E-state index contributed by atoms with van der Waals surface area (Å²) in [5.41, 5.74) is 3.98. The Balaban J connectivity index is 1.34. The number of nitrogens with zero attached hydrogens (tertiary/aromatic N) is 3. The number of halogens is 1. The average Bonchev–Trinajstić information content (AvgIpc) is 2.96. The molecule has 0 aliphatic carbocycles. The molecule has 40 heavy (non-hydrogen) atoms. The lowest BCUT2D eigenvalue weighted by atomic mass is 10.1. The Morgan fingerprint density at radius 2 is 1.80 bits per heavy atom. The Labute approximate surface area is 234 Å². The summed E-state index contributed by atoms with van der Waals surface area (Å²) in [6, 6.07) is 15.1. The molecule has 5 rings (SSSR count). The van der Waals surface area contributed by atoms with E-state index in [2.05, 4.69) is 35.0 Å². The highest BCUT2D eigenvalue weighted by Gasteiger charge is 2.15. The van der Waals surface area contributed by atoms with Crippen LogP contribution < -0.4 is 20.4 Å². The number of fused-ring (bicyclic) bond motifs is 2. The van der Waals surface area contributed by atoms with Gasteiger partial charge in [-0.25, -0.2) is 9.18 Å². The van der Waals surface area contributed by atoms with E-state index in [1.807, 2.05) is 54.1 Å². The molecular weight excluding hydrogens is 507 g/mol. The van der Waals surface area contributed by atoms with Gasteiger partial charge in [-0.05, 0) is 63.2 Å². The summed E-state index contributed by atoms with van der Waals surface area (Å²) in [6.07, 6.45) is 4.59. The number of nitrogens with one attached hydrogen (secondary N) is 1. The van der Waals surface area contributed by atoms with Gasteiger partial charge in [-0.1, -0.05) is 0 Å². The molecule has 1 fully saturated rings. The first-order valence-corrected chi connectivity index (χ1v) is 14.1. The van der Waals surface area contributed by atoms with Gasteiger partial charge in [0.1, 0.15) is 18.4 Å². The van der Waals surface area contributed by atoms with Crippen LogP contribution >= 0.6 is 0 Å². The lowest BCUT2D eigenvalue weighted by Crippen LogP contribution is -2.37. The average molecular weight is 546 g/mol. The Kier molecular flexibility index (Phi) is 8.77. The number of benzene rings is 2. The maximum atomic E-state index is 14.8. The summed E-state index contributed by atoms with van der Waals surface area (Å²) >= 11 is 0. The van der Waals surface area contributed by atoms with E-state index in [1.54, 1.807) is 12.1 Å². The van der Waals surface area contributed by atoms with Gasteiger partial charge in [0, 0.05) is 73.5 Å². The van der Waals surface area contributed by atoms with E-state index in [0.29, 0.717) is 23.4 Å². The molecule has 3 heterocycles. The van der Waals surface area contributed by atoms with Gasteiger partial charge in [0.05, 0.1) is 24.5 Å². The molecule has 0 saturated carbocycles. The second-order valence-electron chi connectivity index (χ2n) is 10.2. The van der Waals surface area contributed by atoms with E-state index < -0.39 is 0 Å². The van der Waals surface area contributed by atoms with Crippen molar-refractivity contribution >= 4 is 45.4 Å². The number of aromatic nitrogens is 1. The zero-order chi connectivity index (χ0) is 28.1. The first-order chi connectivity index (χ1) is 19.5. The molecule has 1 aliphatic rings. The number of anilines is 2. The van der Waals surface area contributed by atoms with Crippen molar-refractivity contribution in [3.05, 3.63) is 76.0 Å². The fourth-order valence-electron chi connectivity index (χ4n) is 5.27. The summed E-state index contributed by atoms with van der Waals surface area (Å²) in [5.74, 6) is -0.264. The van der Waals surface area contributed by atoms with Gasteiger partial charge in [-0.15, -0.1) is 0 Å². The lowest BCUT2D eigenvalue weighted by Gasteiger charge is -2.26. The summed E-state index contributed by atoms with van der Waals surface area (Å²) in [7, 11) is 1.94. The van der Waals surface area contributed by atoms with Crippen molar-refractivity contribution in [3.8, 4) is 0 Å². The molecule has 1 saturated heterocycles. The molecular formula is C32H38FN4O3+. The maximum absolute atomic E-state index is 14.8. The molecule has 7 nitrogen and oxygen atoms in total. The van der Waals surface area contributed by atoms with Crippen molar-refractivity contribution in [2.75, 3.05) is 62.7 Å². The zero-order valence-corrected chi connectivity index (χ0v) is 23.6. The highest BCUT2D eigenvalue weighted by molar-refractivity contribution is 5.84. The number of hydrogen-bond acceptors (Lipinski definition) is 6. The minimum absolute atomic E-state index is 0.264. The third-order valence-electron chi connectivity index (χ3n) is 7.68. The second kappa shape index (κ2) is 12.6. The fraction of sp³-hybridized carbons (Fsp3) is 0.375. The van der Waals surface area contributed by atoms with Crippen LogP contribution in [0.25, 0.3) is 34.0 Å². The fourth-order valence-corrected chi connectivity index (χ4v) is 5.27. The smallest absolute Gasteiger partial charge is 0.343 e. The van der Waals surface area contributed by atoms with E-state index in [9.17, 15) is 9.18 Å². The van der Waals surface area contributed by atoms with E-state index in [1.165, 1.54) is 0 Å². The van der Waals surface area contributed by atoms with Crippen LogP contribution in [0.15, 0.2) is 57.7 Å². The Hall–Kier alpha value is -3.75. The topological polar surface area (TPSA) is 61.8 Å². The monoisotopic (exact) mass is 545 g/mol. The van der Waals surface area contributed by atoms with Crippen LogP contribution in [-0.2, 0) is 11.8 Å². The molecule has 0 spiro atoms. The SMILES string of the molecule is CCN(CC)c1ccc2cc(/C=C/c3ccc4cc(F)c(NCCCN5CCOCC5)cc4[n+]3C)c(=O)oc2c1. The largest absolute Gasteiger partial charge is 0.422 e. The summed E-state index contributed by atoms with van der Waals surface area (Å²) in [6.45, 7) is 11.1. The van der Waals surface area contributed by atoms with Gasteiger partial charge in [-0.2, -0.15) is 4.57 Å². The Bertz CT molecular complexity index is 1570. The predicted molar refractivity (Wildman–Crippen MR) is 160 cm³/mol. The number of pyridine rings is 1.